The van der Waals surface area contributed by atoms with Crippen molar-refractivity contribution >= 4 is 5.91 Å². The van der Waals surface area contributed by atoms with E-state index in [0.717, 1.165) is 56.1 Å². The first kappa shape index (κ1) is 18.2. The van der Waals surface area contributed by atoms with Crippen molar-refractivity contribution in [1.82, 2.24) is 19.7 Å². The molecule has 1 aromatic heterocycles. The van der Waals surface area contributed by atoms with Gasteiger partial charge >= 0.3 is 0 Å². The van der Waals surface area contributed by atoms with E-state index in [-0.39, 0.29) is 5.91 Å². The Morgan fingerprint density at radius 1 is 1.04 bits per heavy atom. The molecule has 1 aromatic carbocycles. The van der Waals surface area contributed by atoms with Gasteiger partial charge in [0.05, 0.1) is 5.41 Å². The number of likely N-dealkylation sites (tertiary alicyclic amines) is 1. The zero-order valence-corrected chi connectivity index (χ0v) is 16.5. The second-order valence-electron chi connectivity index (χ2n) is 8.52. The summed E-state index contributed by atoms with van der Waals surface area (Å²) in [5.41, 5.74) is 0.568. The molecular weight excluding hydrogens is 336 g/mol. The molecule has 144 valence electrons. The van der Waals surface area contributed by atoms with Crippen LogP contribution in [0.5, 0.6) is 0 Å². The van der Waals surface area contributed by atoms with Gasteiger partial charge in [0, 0.05) is 32.0 Å². The van der Waals surface area contributed by atoms with Gasteiger partial charge in [-0.25, -0.2) is 0 Å². The highest BCUT2D eigenvalue weighted by molar-refractivity contribution is 5.87. The molecule has 0 N–H and O–H groups in total. The molecule has 1 fully saturated rings. The number of nitrogens with zero attached hydrogens (tertiary/aromatic N) is 4. The summed E-state index contributed by atoms with van der Waals surface area (Å²) < 4.78 is 2.34. The number of fused-ring (bicyclic) bond motifs is 1. The van der Waals surface area contributed by atoms with Gasteiger partial charge in [-0.2, -0.15) is 0 Å². The van der Waals surface area contributed by atoms with Gasteiger partial charge in [0.1, 0.15) is 11.6 Å². The van der Waals surface area contributed by atoms with Gasteiger partial charge in [0.25, 0.3) is 0 Å². The Labute approximate surface area is 161 Å². The van der Waals surface area contributed by atoms with Crippen molar-refractivity contribution in [2.45, 2.75) is 70.3 Å². The summed E-state index contributed by atoms with van der Waals surface area (Å²) >= 11 is 0. The lowest BCUT2D eigenvalue weighted by molar-refractivity contribution is -0.137. The highest BCUT2D eigenvalue weighted by atomic mass is 16.2. The van der Waals surface area contributed by atoms with Crippen LogP contribution < -0.4 is 0 Å². The van der Waals surface area contributed by atoms with E-state index in [1.165, 1.54) is 19.3 Å². The first-order valence-corrected chi connectivity index (χ1v) is 10.3. The number of hydrogen-bond donors (Lipinski definition) is 0. The average molecular weight is 367 g/mol. The third-order valence-electron chi connectivity index (χ3n) is 6.24. The summed E-state index contributed by atoms with van der Waals surface area (Å²) in [5.74, 6) is 2.75. The molecule has 1 amide bonds. The number of piperidine rings is 1. The van der Waals surface area contributed by atoms with E-state index in [2.05, 4.69) is 31.8 Å². The Balaban J connectivity index is 1.53. The van der Waals surface area contributed by atoms with Crippen molar-refractivity contribution in [2.24, 2.45) is 0 Å². The Kier molecular flexibility index (Phi) is 5.02. The predicted molar refractivity (Wildman–Crippen MR) is 106 cm³/mol. The van der Waals surface area contributed by atoms with E-state index in [0.29, 0.717) is 5.92 Å². The predicted octanol–water partition coefficient (Wildman–Crippen LogP) is 3.69. The van der Waals surface area contributed by atoms with Crippen LogP contribution in [0.3, 0.4) is 0 Å². The fraction of sp³-hybridized carbons (Fsp3) is 0.591. The zero-order chi connectivity index (χ0) is 18.9. The van der Waals surface area contributed by atoms with Crippen molar-refractivity contribution < 1.29 is 4.79 Å². The molecule has 2 aliphatic heterocycles. The molecule has 1 saturated heterocycles. The summed E-state index contributed by atoms with van der Waals surface area (Å²) in [6.07, 6.45) is 6.83. The lowest BCUT2D eigenvalue weighted by Crippen LogP contribution is -2.47. The van der Waals surface area contributed by atoms with Crippen LogP contribution >= 0.6 is 0 Å². The largest absolute Gasteiger partial charge is 0.341 e. The quantitative estimate of drug-likeness (QED) is 0.832. The Morgan fingerprint density at radius 3 is 2.67 bits per heavy atom. The first-order valence-electron chi connectivity index (χ1n) is 10.3. The van der Waals surface area contributed by atoms with Crippen LogP contribution in [0.2, 0.25) is 0 Å². The number of carbonyl (C=O) groups is 1. The number of hydrogen-bond acceptors (Lipinski definition) is 3. The maximum Gasteiger partial charge on any atom is 0.232 e. The van der Waals surface area contributed by atoms with E-state index in [1.807, 2.05) is 32.0 Å². The molecule has 0 aliphatic carbocycles. The topological polar surface area (TPSA) is 51.0 Å². The normalized spacial score (nSPS) is 20.8. The standard InChI is InChI=1S/C22H30N4O/c1-22(2,18-11-5-3-6-12-18)21(27)25-14-9-10-17(16-25)20-24-23-19-13-7-4-8-15-26(19)20/h3,5-6,11-12,17H,4,7-10,13-16H2,1-2H3/t17-/m0/s1. The number of amides is 1. The third kappa shape index (κ3) is 3.52. The average Bonchev–Trinajstić information content (AvgIpc) is 2.96. The van der Waals surface area contributed by atoms with E-state index in [4.69, 9.17) is 0 Å². The second kappa shape index (κ2) is 7.45. The fourth-order valence-electron chi connectivity index (χ4n) is 4.56. The van der Waals surface area contributed by atoms with Crippen LogP contribution in [0.25, 0.3) is 0 Å². The fourth-order valence-corrected chi connectivity index (χ4v) is 4.56. The Morgan fingerprint density at radius 2 is 1.85 bits per heavy atom. The Bertz CT molecular complexity index is 796. The lowest BCUT2D eigenvalue weighted by atomic mass is 9.82. The molecule has 2 aromatic rings. The van der Waals surface area contributed by atoms with Crippen LogP contribution in [-0.2, 0) is 23.2 Å². The maximum absolute atomic E-state index is 13.4. The smallest absolute Gasteiger partial charge is 0.232 e. The van der Waals surface area contributed by atoms with Crippen LogP contribution in [0.4, 0.5) is 0 Å². The second-order valence-corrected chi connectivity index (χ2v) is 8.52. The minimum absolute atomic E-state index is 0.217. The molecular formula is C22H30N4O. The van der Waals surface area contributed by atoms with Crippen LogP contribution in [0, 0.1) is 0 Å². The van der Waals surface area contributed by atoms with E-state index >= 15 is 0 Å². The molecule has 5 nitrogen and oxygen atoms in total. The van der Waals surface area contributed by atoms with Crippen molar-refractivity contribution in [3.8, 4) is 0 Å². The van der Waals surface area contributed by atoms with E-state index in [1.54, 1.807) is 0 Å². The van der Waals surface area contributed by atoms with Gasteiger partial charge in [-0.3, -0.25) is 4.79 Å². The molecule has 0 radical (unpaired) electrons. The Hall–Kier alpha value is -2.17. The van der Waals surface area contributed by atoms with Crippen molar-refractivity contribution in [1.29, 1.82) is 0 Å². The van der Waals surface area contributed by atoms with E-state index < -0.39 is 5.41 Å². The summed E-state index contributed by atoms with van der Waals surface area (Å²) in [7, 11) is 0. The van der Waals surface area contributed by atoms with Crippen molar-refractivity contribution in [3.05, 3.63) is 47.5 Å². The highest BCUT2D eigenvalue weighted by Gasteiger charge is 2.37. The van der Waals surface area contributed by atoms with Crippen LogP contribution in [0.15, 0.2) is 30.3 Å². The lowest BCUT2D eigenvalue weighted by Gasteiger charge is -2.37. The van der Waals surface area contributed by atoms with Crippen LogP contribution in [-0.4, -0.2) is 38.7 Å². The van der Waals surface area contributed by atoms with Gasteiger partial charge in [0.15, 0.2) is 0 Å². The summed E-state index contributed by atoms with van der Waals surface area (Å²) in [4.78, 5) is 15.4. The summed E-state index contributed by atoms with van der Waals surface area (Å²) in [6.45, 7) is 6.70. The van der Waals surface area contributed by atoms with Gasteiger partial charge in [0.2, 0.25) is 5.91 Å². The molecule has 27 heavy (non-hydrogen) atoms. The third-order valence-corrected chi connectivity index (χ3v) is 6.24. The molecule has 0 bridgehead atoms. The molecule has 0 saturated carbocycles. The number of benzene rings is 1. The zero-order valence-electron chi connectivity index (χ0n) is 16.5. The number of aryl methyl sites for hydroxylation is 1. The molecule has 5 heteroatoms. The summed E-state index contributed by atoms with van der Waals surface area (Å²) in [5, 5.41) is 9.02. The maximum atomic E-state index is 13.4. The first-order chi connectivity index (χ1) is 13.1. The van der Waals surface area contributed by atoms with Crippen molar-refractivity contribution in [2.75, 3.05) is 13.1 Å². The molecule has 2 aliphatic rings. The minimum atomic E-state index is -0.509. The summed E-state index contributed by atoms with van der Waals surface area (Å²) in [6, 6.07) is 10.1. The number of aromatic nitrogens is 3. The number of rotatable bonds is 3. The van der Waals surface area contributed by atoms with Gasteiger partial charge in [-0.15, -0.1) is 10.2 Å². The SMILES string of the molecule is CC(C)(C(=O)N1CCC[C@H](c2nnc3n2CCCCC3)C1)c1ccccc1. The highest BCUT2D eigenvalue weighted by Crippen LogP contribution is 2.32. The van der Waals surface area contributed by atoms with E-state index in [9.17, 15) is 4.79 Å². The van der Waals surface area contributed by atoms with Gasteiger partial charge in [-0.05, 0) is 45.1 Å². The molecule has 0 unspecified atom stereocenters. The molecule has 3 heterocycles. The number of carbonyl (C=O) groups excluding carboxylic acids is 1. The molecule has 1 atom stereocenters. The van der Waals surface area contributed by atoms with Gasteiger partial charge in [-0.1, -0.05) is 36.8 Å². The van der Waals surface area contributed by atoms with Gasteiger partial charge < -0.3 is 9.47 Å². The molecule has 0 spiro atoms. The monoisotopic (exact) mass is 366 g/mol. The van der Waals surface area contributed by atoms with Crippen LogP contribution in [0.1, 0.15) is 69.1 Å². The van der Waals surface area contributed by atoms with Crippen molar-refractivity contribution in [3.63, 3.8) is 0 Å². The molecule has 4 rings (SSSR count). The minimum Gasteiger partial charge on any atom is -0.341 e.